The van der Waals surface area contributed by atoms with Crippen molar-refractivity contribution in [2.75, 3.05) is 6.61 Å². The second kappa shape index (κ2) is 4.40. The predicted molar refractivity (Wildman–Crippen MR) is 52.6 cm³/mol. The van der Waals surface area contributed by atoms with Gasteiger partial charge in [0.15, 0.2) is 0 Å². The molecule has 0 aliphatic rings. The molecule has 72 valence electrons. The minimum Gasteiger partial charge on any atom is -0.393 e. The van der Waals surface area contributed by atoms with Crippen LogP contribution in [0.4, 0.5) is 0 Å². The number of benzene rings is 1. The molecular weight excluding hydrogens is 164 g/mol. The molecule has 0 heterocycles. The summed E-state index contributed by atoms with van der Waals surface area (Å²) in [6, 6.07) is 5.79. The molecule has 0 saturated carbocycles. The van der Waals surface area contributed by atoms with Gasteiger partial charge in [-0.25, -0.2) is 0 Å². The van der Waals surface area contributed by atoms with E-state index in [9.17, 15) is 5.11 Å². The average Bonchev–Trinajstić information content (AvgIpc) is 2.17. The summed E-state index contributed by atoms with van der Waals surface area (Å²) in [6.07, 6.45) is 0.212. The Bertz CT molecular complexity index is 281. The Kier molecular flexibility index (Phi) is 3.46. The molecule has 1 aromatic rings. The Morgan fingerprint density at radius 3 is 2.62 bits per heavy atom. The van der Waals surface area contributed by atoms with E-state index in [2.05, 4.69) is 6.92 Å². The summed E-state index contributed by atoms with van der Waals surface area (Å²) in [7, 11) is 0. The number of hydrogen-bond acceptors (Lipinski definition) is 2. The molecule has 2 heteroatoms. The normalized spacial score (nSPS) is 12.9. The highest BCUT2D eigenvalue weighted by Crippen LogP contribution is 2.17. The van der Waals surface area contributed by atoms with E-state index in [-0.39, 0.29) is 6.61 Å². The summed E-state index contributed by atoms with van der Waals surface area (Å²) in [5, 5.41) is 18.2. The molecule has 13 heavy (non-hydrogen) atoms. The molecule has 2 N–H and O–H groups in total. The van der Waals surface area contributed by atoms with E-state index in [0.717, 1.165) is 12.0 Å². The Balaban J connectivity index is 2.99. The molecule has 1 unspecified atom stereocenters. The second-order valence-electron chi connectivity index (χ2n) is 3.24. The molecule has 1 atom stereocenters. The van der Waals surface area contributed by atoms with Crippen molar-refractivity contribution < 1.29 is 10.2 Å². The van der Waals surface area contributed by atoms with Gasteiger partial charge >= 0.3 is 0 Å². The van der Waals surface area contributed by atoms with Crippen LogP contribution in [0.25, 0.3) is 0 Å². The lowest BCUT2D eigenvalue weighted by molar-refractivity contribution is 0.0955. The molecule has 0 saturated heterocycles. The summed E-state index contributed by atoms with van der Waals surface area (Å²) in [5.74, 6) is 0. The largest absolute Gasteiger partial charge is 0.393 e. The SMILES string of the molecule is CCc1cc(C(O)CO)ccc1C. The van der Waals surface area contributed by atoms with Gasteiger partial charge in [-0.15, -0.1) is 0 Å². The van der Waals surface area contributed by atoms with E-state index in [1.54, 1.807) is 0 Å². The first-order valence-electron chi connectivity index (χ1n) is 4.57. The molecule has 0 fully saturated rings. The number of rotatable bonds is 3. The minimum atomic E-state index is -0.745. The molecular formula is C11H16O2. The zero-order chi connectivity index (χ0) is 9.84. The van der Waals surface area contributed by atoms with Crippen molar-refractivity contribution >= 4 is 0 Å². The van der Waals surface area contributed by atoms with Crippen molar-refractivity contribution in [3.8, 4) is 0 Å². The van der Waals surface area contributed by atoms with Gasteiger partial charge in [0.05, 0.1) is 6.61 Å². The molecule has 0 radical (unpaired) electrons. The van der Waals surface area contributed by atoms with Crippen molar-refractivity contribution in [2.24, 2.45) is 0 Å². The highest BCUT2D eigenvalue weighted by atomic mass is 16.3. The fourth-order valence-electron chi connectivity index (χ4n) is 1.38. The molecule has 0 bridgehead atoms. The van der Waals surface area contributed by atoms with Gasteiger partial charge in [0, 0.05) is 0 Å². The van der Waals surface area contributed by atoms with E-state index in [1.807, 2.05) is 25.1 Å². The van der Waals surface area contributed by atoms with Crippen molar-refractivity contribution in [1.82, 2.24) is 0 Å². The highest BCUT2D eigenvalue weighted by molar-refractivity contribution is 5.32. The van der Waals surface area contributed by atoms with Gasteiger partial charge in [-0.2, -0.15) is 0 Å². The van der Waals surface area contributed by atoms with Crippen LogP contribution in [-0.4, -0.2) is 16.8 Å². The molecule has 0 aliphatic carbocycles. The molecule has 2 nitrogen and oxygen atoms in total. The first-order valence-corrected chi connectivity index (χ1v) is 4.57. The highest BCUT2D eigenvalue weighted by Gasteiger charge is 2.06. The quantitative estimate of drug-likeness (QED) is 0.741. The first-order chi connectivity index (χ1) is 6.19. The van der Waals surface area contributed by atoms with Crippen LogP contribution in [0.3, 0.4) is 0 Å². The summed E-state index contributed by atoms with van der Waals surface area (Å²) in [4.78, 5) is 0. The van der Waals surface area contributed by atoms with E-state index < -0.39 is 6.10 Å². The maximum Gasteiger partial charge on any atom is 0.102 e. The van der Waals surface area contributed by atoms with Gasteiger partial charge in [-0.1, -0.05) is 25.1 Å². The van der Waals surface area contributed by atoms with E-state index in [1.165, 1.54) is 11.1 Å². The Morgan fingerprint density at radius 2 is 2.08 bits per heavy atom. The number of aliphatic hydroxyl groups is 2. The molecule has 1 rings (SSSR count). The van der Waals surface area contributed by atoms with Crippen molar-refractivity contribution in [3.05, 3.63) is 34.9 Å². The Hall–Kier alpha value is -0.860. The van der Waals surface area contributed by atoms with Gasteiger partial charge in [0.2, 0.25) is 0 Å². The van der Waals surface area contributed by atoms with Gasteiger partial charge in [0.25, 0.3) is 0 Å². The Labute approximate surface area is 78.8 Å². The lowest BCUT2D eigenvalue weighted by atomic mass is 10.0. The van der Waals surface area contributed by atoms with E-state index in [0.29, 0.717) is 0 Å². The zero-order valence-corrected chi connectivity index (χ0v) is 8.12. The van der Waals surface area contributed by atoms with Crippen LogP contribution in [-0.2, 0) is 6.42 Å². The minimum absolute atomic E-state index is 0.216. The number of aryl methyl sites for hydroxylation is 2. The standard InChI is InChI=1S/C11H16O2/c1-3-9-6-10(11(13)7-12)5-4-8(9)2/h4-6,11-13H,3,7H2,1-2H3. The smallest absolute Gasteiger partial charge is 0.102 e. The molecule has 0 aliphatic heterocycles. The third kappa shape index (κ3) is 2.29. The van der Waals surface area contributed by atoms with E-state index in [4.69, 9.17) is 5.11 Å². The molecule has 1 aromatic carbocycles. The molecule has 0 spiro atoms. The summed E-state index contributed by atoms with van der Waals surface area (Å²) < 4.78 is 0. The van der Waals surface area contributed by atoms with Crippen LogP contribution >= 0.6 is 0 Å². The van der Waals surface area contributed by atoms with Crippen molar-refractivity contribution in [2.45, 2.75) is 26.4 Å². The lowest BCUT2D eigenvalue weighted by Crippen LogP contribution is -2.03. The van der Waals surface area contributed by atoms with Gasteiger partial charge in [-0.3, -0.25) is 0 Å². The fraction of sp³-hybridized carbons (Fsp3) is 0.455. The van der Waals surface area contributed by atoms with Gasteiger partial charge in [0.1, 0.15) is 6.10 Å². The van der Waals surface area contributed by atoms with Crippen LogP contribution < -0.4 is 0 Å². The van der Waals surface area contributed by atoms with Crippen molar-refractivity contribution in [1.29, 1.82) is 0 Å². The molecule has 0 amide bonds. The maximum atomic E-state index is 9.39. The van der Waals surface area contributed by atoms with E-state index >= 15 is 0 Å². The van der Waals surface area contributed by atoms with Gasteiger partial charge in [-0.05, 0) is 30.0 Å². The number of hydrogen-bond donors (Lipinski definition) is 2. The lowest BCUT2D eigenvalue weighted by Gasteiger charge is -2.10. The van der Waals surface area contributed by atoms with Gasteiger partial charge < -0.3 is 10.2 Å². The van der Waals surface area contributed by atoms with Crippen LogP contribution in [0.5, 0.6) is 0 Å². The number of aliphatic hydroxyl groups excluding tert-OH is 2. The predicted octanol–water partition coefficient (Wildman–Crippen LogP) is 1.58. The third-order valence-corrected chi connectivity index (χ3v) is 2.31. The topological polar surface area (TPSA) is 40.5 Å². The van der Waals surface area contributed by atoms with Crippen LogP contribution in [0, 0.1) is 6.92 Å². The average molecular weight is 180 g/mol. The summed E-state index contributed by atoms with van der Waals surface area (Å²) in [5.41, 5.74) is 3.26. The second-order valence-corrected chi connectivity index (χ2v) is 3.24. The summed E-state index contributed by atoms with van der Waals surface area (Å²) >= 11 is 0. The van der Waals surface area contributed by atoms with Crippen LogP contribution in [0.1, 0.15) is 29.7 Å². The maximum absolute atomic E-state index is 9.39. The van der Waals surface area contributed by atoms with Crippen LogP contribution in [0.15, 0.2) is 18.2 Å². The fourth-order valence-corrected chi connectivity index (χ4v) is 1.38. The Morgan fingerprint density at radius 1 is 1.38 bits per heavy atom. The third-order valence-electron chi connectivity index (χ3n) is 2.31. The zero-order valence-electron chi connectivity index (χ0n) is 8.12. The van der Waals surface area contributed by atoms with Crippen LogP contribution in [0.2, 0.25) is 0 Å². The molecule has 0 aromatic heterocycles. The first kappa shape index (κ1) is 10.2. The summed E-state index contributed by atoms with van der Waals surface area (Å²) in [6.45, 7) is 3.91. The van der Waals surface area contributed by atoms with Crippen molar-refractivity contribution in [3.63, 3.8) is 0 Å². The monoisotopic (exact) mass is 180 g/mol.